The van der Waals surface area contributed by atoms with Gasteiger partial charge in [-0.25, -0.2) is 9.98 Å². The number of nitrogens with zero attached hydrogens (tertiary/aromatic N) is 4. The largest absolute Gasteiger partial charge is 0.342 e. The topological polar surface area (TPSA) is 54.6 Å². The van der Waals surface area contributed by atoms with E-state index in [1.165, 1.54) is 42.0 Å². The molecule has 4 heterocycles. The summed E-state index contributed by atoms with van der Waals surface area (Å²) in [5.74, 6) is 1.44. The Morgan fingerprint density at radius 3 is 1.95 bits per heavy atom. The van der Waals surface area contributed by atoms with Crippen molar-refractivity contribution in [3.05, 3.63) is 205 Å². The van der Waals surface area contributed by atoms with E-state index < -0.39 is 5.66 Å². The fourth-order valence-corrected chi connectivity index (χ4v) is 9.54. The molecule has 0 aliphatic carbocycles. The van der Waals surface area contributed by atoms with Crippen LogP contribution in [0.2, 0.25) is 0 Å². The van der Waals surface area contributed by atoms with Gasteiger partial charge in [0.25, 0.3) is 0 Å². The van der Waals surface area contributed by atoms with Crippen LogP contribution in [0.25, 0.3) is 70.0 Å². The fourth-order valence-electron chi connectivity index (χ4n) is 8.39. The van der Waals surface area contributed by atoms with Crippen molar-refractivity contribution in [2.24, 2.45) is 9.98 Å². The van der Waals surface area contributed by atoms with Gasteiger partial charge in [0.05, 0.1) is 16.7 Å². The highest BCUT2D eigenvalue weighted by atomic mass is 32.1. The summed E-state index contributed by atoms with van der Waals surface area (Å²) in [5, 5.41) is 8.86. The van der Waals surface area contributed by atoms with Crippen LogP contribution in [0, 0.1) is 0 Å². The molecule has 11 rings (SSSR count). The number of hydrogen-bond donors (Lipinski definition) is 1. The molecule has 270 valence electrons. The van der Waals surface area contributed by atoms with Crippen molar-refractivity contribution >= 4 is 65.0 Å². The molecule has 6 heteroatoms. The highest BCUT2D eigenvalue weighted by Crippen LogP contribution is 2.45. The third-order valence-electron chi connectivity index (χ3n) is 11.1. The molecule has 1 aliphatic heterocycles. The molecule has 3 aromatic heterocycles. The smallest absolute Gasteiger partial charge is 0.159 e. The minimum absolute atomic E-state index is 0.672. The minimum Gasteiger partial charge on any atom is -0.342 e. The first kappa shape index (κ1) is 33.2. The van der Waals surface area contributed by atoms with Crippen LogP contribution >= 0.6 is 11.3 Å². The van der Waals surface area contributed by atoms with Gasteiger partial charge in [-0.2, -0.15) is 0 Å². The SMILES string of the molecule is CC1(c2cc(-c3ccccc3)cnc2-c2ccc3c(c2)sc2ccc4c(c5ccccc5n4-c4ccccc4)c23)N=C(c2ccccc2)N=C(c2ccccc2)N1. The molecule has 0 radical (unpaired) electrons. The number of thiophene rings is 1. The van der Waals surface area contributed by atoms with Crippen molar-refractivity contribution < 1.29 is 0 Å². The van der Waals surface area contributed by atoms with Gasteiger partial charge in [0, 0.05) is 70.6 Å². The average Bonchev–Trinajstić information content (AvgIpc) is 3.82. The fraction of sp³-hybridized carbons (Fsp3) is 0.0392. The van der Waals surface area contributed by atoms with E-state index >= 15 is 0 Å². The van der Waals surface area contributed by atoms with Crippen molar-refractivity contribution in [2.75, 3.05) is 0 Å². The Balaban J connectivity index is 1.12. The van der Waals surface area contributed by atoms with Crippen molar-refractivity contribution in [1.82, 2.24) is 14.9 Å². The van der Waals surface area contributed by atoms with E-state index in [0.717, 1.165) is 50.6 Å². The number of hydrogen-bond acceptors (Lipinski definition) is 5. The van der Waals surface area contributed by atoms with Gasteiger partial charge >= 0.3 is 0 Å². The number of aliphatic imine (C=N–C) groups is 2. The Labute approximate surface area is 334 Å². The Bertz CT molecular complexity index is 3200. The number of nitrogens with one attached hydrogen (secondary N) is 1. The zero-order valence-corrected chi connectivity index (χ0v) is 31.9. The molecule has 0 amide bonds. The maximum Gasteiger partial charge on any atom is 0.159 e. The lowest BCUT2D eigenvalue weighted by atomic mass is 9.91. The summed E-state index contributed by atoms with van der Waals surface area (Å²) >= 11 is 1.84. The third-order valence-corrected chi connectivity index (χ3v) is 12.2. The highest BCUT2D eigenvalue weighted by Gasteiger charge is 2.35. The van der Waals surface area contributed by atoms with Crippen molar-refractivity contribution in [3.63, 3.8) is 0 Å². The molecule has 0 bridgehead atoms. The molecule has 7 aromatic carbocycles. The lowest BCUT2D eigenvalue weighted by Crippen LogP contribution is -2.46. The quantitative estimate of drug-likeness (QED) is 0.184. The van der Waals surface area contributed by atoms with Gasteiger partial charge < -0.3 is 9.88 Å². The second-order valence-electron chi connectivity index (χ2n) is 14.6. The maximum atomic E-state index is 5.42. The summed E-state index contributed by atoms with van der Waals surface area (Å²) in [4.78, 5) is 15.8. The number of fused-ring (bicyclic) bond motifs is 7. The summed E-state index contributed by atoms with van der Waals surface area (Å²) in [6.45, 7) is 2.14. The number of aromatic nitrogens is 2. The second-order valence-corrected chi connectivity index (χ2v) is 15.7. The van der Waals surface area contributed by atoms with E-state index in [2.05, 4.69) is 156 Å². The first-order chi connectivity index (χ1) is 28.1. The van der Waals surface area contributed by atoms with Crippen molar-refractivity contribution in [2.45, 2.75) is 12.6 Å². The average molecular weight is 750 g/mol. The van der Waals surface area contributed by atoms with Gasteiger partial charge in [-0.05, 0) is 55.0 Å². The van der Waals surface area contributed by atoms with Crippen LogP contribution in [-0.4, -0.2) is 21.2 Å². The predicted octanol–water partition coefficient (Wildman–Crippen LogP) is 12.6. The lowest BCUT2D eigenvalue weighted by Gasteiger charge is -2.34. The molecule has 0 fully saturated rings. The number of amidine groups is 2. The molecule has 0 saturated heterocycles. The normalized spacial score (nSPS) is 15.5. The van der Waals surface area contributed by atoms with Crippen LogP contribution in [0.15, 0.2) is 198 Å². The molecule has 0 saturated carbocycles. The highest BCUT2D eigenvalue weighted by molar-refractivity contribution is 7.26. The molecule has 57 heavy (non-hydrogen) atoms. The van der Waals surface area contributed by atoms with Gasteiger partial charge in [0.2, 0.25) is 0 Å². The van der Waals surface area contributed by atoms with Crippen molar-refractivity contribution in [3.8, 4) is 28.1 Å². The Morgan fingerprint density at radius 2 is 1.19 bits per heavy atom. The minimum atomic E-state index is -0.911. The molecule has 10 aromatic rings. The van der Waals surface area contributed by atoms with Gasteiger partial charge in [-0.15, -0.1) is 11.3 Å². The number of pyridine rings is 1. The summed E-state index contributed by atoms with van der Waals surface area (Å²) in [7, 11) is 0. The van der Waals surface area contributed by atoms with Crippen LogP contribution in [0.1, 0.15) is 23.6 Å². The zero-order valence-electron chi connectivity index (χ0n) is 31.1. The van der Waals surface area contributed by atoms with Crippen molar-refractivity contribution in [1.29, 1.82) is 0 Å². The van der Waals surface area contributed by atoms with E-state index in [-0.39, 0.29) is 0 Å². The van der Waals surface area contributed by atoms with E-state index in [0.29, 0.717) is 5.84 Å². The standard InChI is InChI=1S/C51H35N5S/c1-51(54-49(34-18-8-3-9-19-34)53-50(55-51)35-20-10-4-11-21-35)41-30-37(33-16-6-2-7-17-33)32-52-48(41)36-26-27-40-45(31-36)57-44-29-28-43-46(47(40)44)39-24-14-15-25-42(39)56(43)38-22-12-5-13-23-38/h2-32H,1H3,(H,53,54,55). The van der Waals surface area contributed by atoms with Gasteiger partial charge in [0.1, 0.15) is 5.84 Å². The molecule has 1 atom stereocenters. The van der Waals surface area contributed by atoms with E-state index in [9.17, 15) is 0 Å². The predicted molar refractivity (Wildman–Crippen MR) is 239 cm³/mol. The number of benzene rings is 7. The molecule has 1 N–H and O–H groups in total. The van der Waals surface area contributed by atoms with E-state index in [1.54, 1.807) is 0 Å². The number of rotatable bonds is 6. The molecular formula is C51H35N5S. The van der Waals surface area contributed by atoms with Gasteiger partial charge in [-0.3, -0.25) is 4.98 Å². The van der Waals surface area contributed by atoms with Crippen LogP contribution in [0.5, 0.6) is 0 Å². The zero-order chi connectivity index (χ0) is 37.9. The molecule has 5 nitrogen and oxygen atoms in total. The van der Waals surface area contributed by atoms with Gasteiger partial charge in [0.15, 0.2) is 11.5 Å². The maximum absolute atomic E-state index is 5.42. The Kier molecular flexibility index (Phi) is 7.72. The molecule has 0 spiro atoms. The molecular weight excluding hydrogens is 715 g/mol. The summed E-state index contributed by atoms with van der Waals surface area (Å²) in [5.41, 5.74) is 9.61. The third kappa shape index (κ3) is 5.56. The van der Waals surface area contributed by atoms with E-state index in [4.69, 9.17) is 15.0 Å². The summed E-state index contributed by atoms with van der Waals surface area (Å²) in [6.07, 6.45) is 1.99. The lowest BCUT2D eigenvalue weighted by molar-refractivity contribution is 0.455. The number of para-hydroxylation sites is 2. The monoisotopic (exact) mass is 749 g/mol. The second kappa shape index (κ2) is 13.3. The Hall–Kier alpha value is -7.15. The Morgan fingerprint density at radius 1 is 0.526 bits per heavy atom. The summed E-state index contributed by atoms with van der Waals surface area (Å²) < 4.78 is 4.87. The van der Waals surface area contributed by atoms with Crippen LogP contribution in [0.3, 0.4) is 0 Å². The first-order valence-electron chi connectivity index (χ1n) is 19.2. The molecule has 1 aliphatic rings. The van der Waals surface area contributed by atoms with Gasteiger partial charge in [-0.1, -0.05) is 140 Å². The first-order valence-corrected chi connectivity index (χ1v) is 20.0. The van der Waals surface area contributed by atoms with Crippen LogP contribution in [-0.2, 0) is 5.66 Å². The molecule has 1 unspecified atom stereocenters. The van der Waals surface area contributed by atoms with Crippen LogP contribution in [0.4, 0.5) is 0 Å². The van der Waals surface area contributed by atoms with E-state index in [1.807, 2.05) is 60.0 Å². The van der Waals surface area contributed by atoms with Crippen LogP contribution < -0.4 is 5.32 Å². The summed E-state index contributed by atoms with van der Waals surface area (Å²) in [6, 6.07) is 64.0.